The number of benzene rings is 4. The highest BCUT2D eigenvalue weighted by Gasteiger charge is 2.32. The number of carbonyl (C=O) groups excluding carboxylic acids is 1. The lowest BCUT2D eigenvalue weighted by Crippen LogP contribution is -2.28. The van der Waals surface area contributed by atoms with Gasteiger partial charge in [0.05, 0.1) is 22.8 Å². The van der Waals surface area contributed by atoms with Gasteiger partial charge in [0.2, 0.25) is 0 Å². The summed E-state index contributed by atoms with van der Waals surface area (Å²) in [5, 5.41) is 12.1. The van der Waals surface area contributed by atoms with Crippen molar-refractivity contribution >= 4 is 51.3 Å². The number of aliphatic imine (C=N–C) groups is 1. The van der Waals surface area contributed by atoms with Crippen molar-refractivity contribution in [2.24, 2.45) is 4.99 Å². The van der Waals surface area contributed by atoms with Crippen LogP contribution in [0.4, 0.5) is 5.69 Å². The first-order chi connectivity index (χ1) is 19.4. The monoisotopic (exact) mass is 552 g/mol. The van der Waals surface area contributed by atoms with E-state index in [0.29, 0.717) is 47.0 Å². The van der Waals surface area contributed by atoms with Crippen LogP contribution >= 0.6 is 11.8 Å². The Hall–Kier alpha value is -4.56. The van der Waals surface area contributed by atoms with Crippen molar-refractivity contribution in [3.63, 3.8) is 0 Å². The van der Waals surface area contributed by atoms with E-state index in [1.807, 2.05) is 50.3 Å². The van der Waals surface area contributed by atoms with Crippen LogP contribution in [-0.2, 0) is 11.4 Å². The number of amides is 1. The first-order valence-electron chi connectivity index (χ1n) is 13.0. The van der Waals surface area contributed by atoms with Crippen LogP contribution in [0, 0.1) is 0 Å². The minimum absolute atomic E-state index is 0.140. The largest absolute Gasteiger partial charge is 0.490 e. The highest BCUT2D eigenvalue weighted by atomic mass is 32.2. The smallest absolute Gasteiger partial charge is 0.335 e. The van der Waals surface area contributed by atoms with Crippen molar-refractivity contribution in [1.29, 1.82) is 0 Å². The van der Waals surface area contributed by atoms with E-state index in [1.54, 1.807) is 17.0 Å². The number of carboxylic acid groups (broad SMARTS) is 1. The molecule has 1 aliphatic heterocycles. The molecule has 1 aliphatic rings. The number of carbonyl (C=O) groups is 2. The molecule has 5 rings (SSSR count). The van der Waals surface area contributed by atoms with Gasteiger partial charge in [0.25, 0.3) is 5.91 Å². The highest BCUT2D eigenvalue weighted by molar-refractivity contribution is 8.18. The SMILES string of the molecule is CCOc1cc(C=C2SC(=Nc3cccc(C(=O)O)c3)N(CC)C2=O)ccc1OCc1ccc2ccccc2c1. The number of fused-ring (bicyclic) bond motifs is 1. The van der Waals surface area contributed by atoms with Crippen LogP contribution in [0.25, 0.3) is 16.8 Å². The maximum Gasteiger partial charge on any atom is 0.335 e. The molecule has 40 heavy (non-hydrogen) atoms. The van der Waals surface area contributed by atoms with Crippen LogP contribution in [0.2, 0.25) is 0 Å². The summed E-state index contributed by atoms with van der Waals surface area (Å²) < 4.78 is 12.0. The van der Waals surface area contributed by atoms with Gasteiger partial charge in [0.15, 0.2) is 16.7 Å². The zero-order chi connectivity index (χ0) is 28.1. The van der Waals surface area contributed by atoms with Crippen LogP contribution in [0.3, 0.4) is 0 Å². The third-order valence-corrected chi connectivity index (χ3v) is 7.30. The summed E-state index contributed by atoms with van der Waals surface area (Å²) in [6.07, 6.45) is 1.81. The number of hydrogen-bond acceptors (Lipinski definition) is 6. The van der Waals surface area contributed by atoms with Crippen molar-refractivity contribution in [3.8, 4) is 11.5 Å². The molecule has 0 unspecified atom stereocenters. The van der Waals surface area contributed by atoms with Crippen molar-refractivity contribution in [3.05, 3.63) is 107 Å². The average Bonchev–Trinajstić information content (AvgIpc) is 3.25. The molecule has 1 amide bonds. The number of hydrogen-bond donors (Lipinski definition) is 1. The molecule has 0 radical (unpaired) electrons. The molecule has 4 aromatic rings. The molecule has 1 fully saturated rings. The van der Waals surface area contributed by atoms with Gasteiger partial charge in [0.1, 0.15) is 6.61 Å². The molecule has 4 aromatic carbocycles. The molecule has 202 valence electrons. The van der Waals surface area contributed by atoms with E-state index in [0.717, 1.165) is 16.5 Å². The van der Waals surface area contributed by atoms with Crippen LogP contribution < -0.4 is 9.47 Å². The first-order valence-corrected chi connectivity index (χ1v) is 13.8. The quantitative estimate of drug-likeness (QED) is 0.222. The number of thioether (sulfide) groups is 1. The lowest BCUT2D eigenvalue weighted by atomic mass is 10.1. The molecule has 0 spiro atoms. The molecule has 1 heterocycles. The summed E-state index contributed by atoms with van der Waals surface area (Å²) in [7, 11) is 0. The van der Waals surface area contributed by atoms with E-state index in [2.05, 4.69) is 35.3 Å². The molecule has 7 nitrogen and oxygen atoms in total. The van der Waals surface area contributed by atoms with E-state index in [-0.39, 0.29) is 11.5 Å². The predicted octanol–water partition coefficient (Wildman–Crippen LogP) is 7.14. The van der Waals surface area contributed by atoms with Crippen LogP contribution in [0.1, 0.15) is 35.3 Å². The Morgan fingerprint density at radius 2 is 1.75 bits per heavy atom. The molecule has 1 N–H and O–H groups in total. The Morgan fingerprint density at radius 1 is 0.925 bits per heavy atom. The summed E-state index contributed by atoms with van der Waals surface area (Å²) in [5.41, 5.74) is 2.46. The van der Waals surface area contributed by atoms with Crippen molar-refractivity contribution in [2.45, 2.75) is 20.5 Å². The molecule has 0 aliphatic carbocycles. The fraction of sp³-hybridized carbons (Fsp3) is 0.156. The van der Waals surface area contributed by atoms with Gasteiger partial charge in [-0.15, -0.1) is 0 Å². The van der Waals surface area contributed by atoms with Crippen LogP contribution in [-0.4, -0.2) is 40.2 Å². The van der Waals surface area contributed by atoms with Gasteiger partial charge in [-0.1, -0.05) is 48.5 Å². The number of carboxylic acids is 1. The topological polar surface area (TPSA) is 88.4 Å². The number of ether oxygens (including phenoxy) is 2. The number of aromatic carboxylic acids is 1. The summed E-state index contributed by atoms with van der Waals surface area (Å²) in [6, 6.07) is 26.4. The standard InChI is InChI=1S/C32H28N2O5S/c1-3-34-30(35)29(40-32(34)33-26-11-7-10-25(19-26)31(36)37)18-21-13-15-27(28(17-21)38-4-2)39-20-22-12-14-23-8-5-6-9-24(23)16-22/h5-19H,3-4,20H2,1-2H3,(H,36,37). The molecular weight excluding hydrogens is 524 g/mol. The van der Waals surface area contributed by atoms with E-state index in [9.17, 15) is 14.7 Å². The highest BCUT2D eigenvalue weighted by Crippen LogP contribution is 2.36. The Balaban J connectivity index is 1.36. The average molecular weight is 553 g/mol. The van der Waals surface area contributed by atoms with Gasteiger partial charge in [-0.3, -0.25) is 9.69 Å². The summed E-state index contributed by atoms with van der Waals surface area (Å²) in [6.45, 7) is 5.09. The maximum absolute atomic E-state index is 13.2. The van der Waals surface area contributed by atoms with Crippen LogP contribution in [0.15, 0.2) is 94.8 Å². The Morgan fingerprint density at radius 3 is 2.52 bits per heavy atom. The minimum Gasteiger partial charge on any atom is -0.490 e. The van der Waals surface area contributed by atoms with E-state index < -0.39 is 5.97 Å². The van der Waals surface area contributed by atoms with Gasteiger partial charge >= 0.3 is 5.97 Å². The van der Waals surface area contributed by atoms with E-state index >= 15 is 0 Å². The van der Waals surface area contributed by atoms with Crippen molar-refractivity contribution in [2.75, 3.05) is 13.2 Å². The first kappa shape index (κ1) is 27.0. The molecule has 0 atom stereocenters. The second kappa shape index (κ2) is 12.1. The zero-order valence-corrected chi connectivity index (χ0v) is 23.0. The second-order valence-corrected chi connectivity index (χ2v) is 10.0. The van der Waals surface area contributed by atoms with Gasteiger partial charge in [-0.05, 0) is 90.0 Å². The Kier molecular flexibility index (Phi) is 8.17. The fourth-order valence-corrected chi connectivity index (χ4v) is 5.39. The Bertz CT molecular complexity index is 1650. The molecule has 8 heteroatoms. The number of rotatable bonds is 9. The van der Waals surface area contributed by atoms with Gasteiger partial charge in [-0.2, -0.15) is 0 Å². The van der Waals surface area contributed by atoms with Gasteiger partial charge < -0.3 is 14.6 Å². The lowest BCUT2D eigenvalue weighted by Gasteiger charge is -2.13. The molecule has 0 saturated carbocycles. The third kappa shape index (κ3) is 6.02. The normalized spacial score (nSPS) is 15.2. The Labute approximate surface area is 236 Å². The van der Waals surface area contributed by atoms with Crippen molar-refractivity contribution in [1.82, 2.24) is 4.90 Å². The van der Waals surface area contributed by atoms with Crippen molar-refractivity contribution < 1.29 is 24.2 Å². The molecule has 1 saturated heterocycles. The fourth-order valence-electron chi connectivity index (χ4n) is 4.33. The molecule has 0 bridgehead atoms. The summed E-state index contributed by atoms with van der Waals surface area (Å²) >= 11 is 1.26. The van der Waals surface area contributed by atoms with Gasteiger partial charge in [0, 0.05) is 6.54 Å². The molecular formula is C32H28N2O5S. The van der Waals surface area contributed by atoms with Crippen LogP contribution in [0.5, 0.6) is 11.5 Å². The number of likely N-dealkylation sites (N-methyl/N-ethyl adjacent to an activating group) is 1. The molecule has 0 aromatic heterocycles. The third-order valence-electron chi connectivity index (χ3n) is 6.30. The minimum atomic E-state index is -1.03. The summed E-state index contributed by atoms with van der Waals surface area (Å²) in [5.74, 6) is 0.0354. The predicted molar refractivity (Wildman–Crippen MR) is 159 cm³/mol. The second-order valence-electron chi connectivity index (χ2n) is 9.02. The van der Waals surface area contributed by atoms with E-state index in [4.69, 9.17) is 9.47 Å². The zero-order valence-electron chi connectivity index (χ0n) is 22.2. The number of amidine groups is 1. The number of nitrogens with zero attached hydrogens (tertiary/aromatic N) is 2. The van der Waals surface area contributed by atoms with E-state index in [1.165, 1.54) is 29.3 Å². The lowest BCUT2D eigenvalue weighted by molar-refractivity contribution is -0.122. The maximum atomic E-state index is 13.2. The van der Waals surface area contributed by atoms with Gasteiger partial charge in [-0.25, -0.2) is 9.79 Å². The summed E-state index contributed by atoms with van der Waals surface area (Å²) in [4.78, 5) is 31.1.